The van der Waals surface area contributed by atoms with Crippen LogP contribution in [-0.2, 0) is 31.7 Å². The normalized spacial score (nSPS) is 13.4. The van der Waals surface area contributed by atoms with E-state index < -0.39 is 20.8 Å². The molecular formula is C11H22Cl4O7P2. The summed E-state index contributed by atoms with van der Waals surface area (Å²) in [6.45, 7) is 2.40. The SMILES string of the molecule is CC(C)(OP(=O)(OCCCl)OCCCl)P(=O)(OCCCl)OCCCl. The van der Waals surface area contributed by atoms with Crippen molar-refractivity contribution in [1.29, 1.82) is 0 Å². The average molecular weight is 470 g/mol. The second-order valence-corrected chi connectivity index (χ2v) is 10.3. The first-order chi connectivity index (χ1) is 11.2. The highest BCUT2D eigenvalue weighted by Crippen LogP contribution is 2.66. The van der Waals surface area contributed by atoms with Gasteiger partial charge in [0.2, 0.25) is 0 Å². The maximum absolute atomic E-state index is 13.0. The van der Waals surface area contributed by atoms with Gasteiger partial charge in [0.1, 0.15) is 0 Å². The lowest BCUT2D eigenvalue weighted by molar-refractivity contribution is 0.0535. The molecule has 0 saturated heterocycles. The van der Waals surface area contributed by atoms with E-state index in [1.807, 2.05) is 0 Å². The number of hydrogen-bond acceptors (Lipinski definition) is 7. The third kappa shape index (κ3) is 8.88. The first-order valence-electron chi connectivity index (χ1n) is 6.93. The van der Waals surface area contributed by atoms with Crippen molar-refractivity contribution < 1.29 is 31.7 Å². The van der Waals surface area contributed by atoms with Crippen molar-refractivity contribution in [3.63, 3.8) is 0 Å². The lowest BCUT2D eigenvalue weighted by Crippen LogP contribution is -2.28. The van der Waals surface area contributed by atoms with E-state index in [9.17, 15) is 9.13 Å². The van der Waals surface area contributed by atoms with Crippen LogP contribution in [-0.4, -0.2) is 55.3 Å². The molecule has 0 unspecified atom stereocenters. The lowest BCUT2D eigenvalue weighted by Gasteiger charge is -2.34. The van der Waals surface area contributed by atoms with Crippen molar-refractivity contribution in [2.45, 2.75) is 19.2 Å². The van der Waals surface area contributed by atoms with Gasteiger partial charge in [-0.2, -0.15) is 0 Å². The van der Waals surface area contributed by atoms with E-state index in [0.29, 0.717) is 0 Å². The van der Waals surface area contributed by atoms with Crippen molar-refractivity contribution in [1.82, 2.24) is 0 Å². The highest BCUT2D eigenvalue weighted by atomic mass is 35.5. The van der Waals surface area contributed by atoms with Gasteiger partial charge in [-0.25, -0.2) is 4.57 Å². The minimum absolute atomic E-state index is 0.0567. The molecule has 7 nitrogen and oxygen atoms in total. The summed E-state index contributed by atoms with van der Waals surface area (Å²) in [5.41, 5.74) is 0. The predicted molar refractivity (Wildman–Crippen MR) is 97.1 cm³/mol. The maximum Gasteiger partial charge on any atom is 0.476 e. The van der Waals surface area contributed by atoms with Crippen LogP contribution < -0.4 is 0 Å². The molecule has 13 heteroatoms. The van der Waals surface area contributed by atoms with E-state index in [-0.39, 0.29) is 49.9 Å². The Kier molecular flexibility index (Phi) is 13.5. The number of alkyl halides is 4. The molecule has 0 spiro atoms. The van der Waals surface area contributed by atoms with Crippen LogP contribution in [0.4, 0.5) is 0 Å². The highest BCUT2D eigenvalue weighted by Gasteiger charge is 2.50. The standard InChI is InChI=1S/C11H22Cl4O7P2/c1-11(2,23(16,18-7-3-12)19-8-4-13)22-24(17,20-9-5-14)21-10-6-15/h3-10H2,1-2H3. The Morgan fingerprint density at radius 2 is 1.04 bits per heavy atom. The van der Waals surface area contributed by atoms with Crippen LogP contribution >= 0.6 is 61.8 Å². The zero-order valence-electron chi connectivity index (χ0n) is 13.4. The van der Waals surface area contributed by atoms with Gasteiger partial charge >= 0.3 is 15.4 Å². The van der Waals surface area contributed by atoms with Crippen molar-refractivity contribution in [2.75, 3.05) is 49.9 Å². The molecule has 0 fully saturated rings. The first-order valence-corrected chi connectivity index (χ1v) is 12.1. The lowest BCUT2D eigenvalue weighted by atomic mass is 10.5. The smallest absolute Gasteiger partial charge is 0.305 e. The summed E-state index contributed by atoms with van der Waals surface area (Å²) in [5.74, 6) is 0.267. The first kappa shape index (κ1) is 25.4. The molecule has 0 saturated carbocycles. The molecule has 24 heavy (non-hydrogen) atoms. The van der Waals surface area contributed by atoms with Gasteiger partial charge < -0.3 is 9.05 Å². The third-order valence-electron chi connectivity index (χ3n) is 2.32. The van der Waals surface area contributed by atoms with E-state index in [4.69, 9.17) is 69.0 Å². The summed E-state index contributed by atoms with van der Waals surface area (Å²) >= 11 is 22.2. The molecule has 0 heterocycles. The van der Waals surface area contributed by atoms with E-state index in [0.717, 1.165) is 0 Å². The summed E-state index contributed by atoms with van der Waals surface area (Å²) in [7, 11) is -8.01. The van der Waals surface area contributed by atoms with Crippen molar-refractivity contribution in [3.05, 3.63) is 0 Å². The van der Waals surface area contributed by atoms with Crippen molar-refractivity contribution in [3.8, 4) is 0 Å². The van der Waals surface area contributed by atoms with E-state index in [2.05, 4.69) is 0 Å². The summed E-state index contributed by atoms with van der Waals surface area (Å²) in [4.78, 5) is 0. The summed E-state index contributed by atoms with van der Waals surface area (Å²) < 4.78 is 51.6. The van der Waals surface area contributed by atoms with Gasteiger partial charge in [0.25, 0.3) is 0 Å². The topological polar surface area (TPSA) is 80.3 Å². The molecule has 0 aromatic rings. The van der Waals surface area contributed by atoms with Crippen LogP contribution in [0.1, 0.15) is 13.8 Å². The zero-order valence-corrected chi connectivity index (χ0v) is 18.2. The molecule has 146 valence electrons. The summed E-state index contributed by atoms with van der Waals surface area (Å²) in [5, 5.41) is -1.67. The van der Waals surface area contributed by atoms with Crippen LogP contribution in [0.25, 0.3) is 0 Å². The molecule has 0 aromatic carbocycles. The quantitative estimate of drug-likeness (QED) is 0.245. The third-order valence-corrected chi connectivity index (χ3v) is 7.22. The van der Waals surface area contributed by atoms with E-state index in [1.54, 1.807) is 0 Å². The number of rotatable bonds is 15. The monoisotopic (exact) mass is 468 g/mol. The van der Waals surface area contributed by atoms with Crippen LogP contribution in [0.5, 0.6) is 0 Å². The van der Waals surface area contributed by atoms with Crippen LogP contribution in [0.15, 0.2) is 0 Å². The van der Waals surface area contributed by atoms with Gasteiger partial charge in [0, 0.05) is 23.5 Å². The minimum Gasteiger partial charge on any atom is -0.305 e. The molecule has 0 aliphatic rings. The Balaban J connectivity index is 5.34. The average Bonchev–Trinajstić information content (AvgIpc) is 2.54. The molecule has 0 amide bonds. The Hall–Kier alpha value is 1.42. The second kappa shape index (κ2) is 12.7. The Bertz CT molecular complexity index is 415. The summed E-state index contributed by atoms with van der Waals surface area (Å²) in [6, 6.07) is 0. The number of phosphoric acid groups is 1. The number of phosphoric ester groups is 1. The molecule has 0 aromatic heterocycles. The molecule has 0 rings (SSSR count). The van der Waals surface area contributed by atoms with Crippen molar-refractivity contribution >= 4 is 61.8 Å². The van der Waals surface area contributed by atoms with Crippen LogP contribution in [0.2, 0.25) is 0 Å². The fraction of sp³-hybridized carbons (Fsp3) is 1.00. The van der Waals surface area contributed by atoms with Crippen molar-refractivity contribution in [2.24, 2.45) is 0 Å². The van der Waals surface area contributed by atoms with E-state index in [1.165, 1.54) is 13.8 Å². The number of hydrogen-bond donors (Lipinski definition) is 0. The highest BCUT2D eigenvalue weighted by molar-refractivity contribution is 7.56. The maximum atomic E-state index is 13.0. The van der Waals surface area contributed by atoms with Gasteiger partial charge in [-0.1, -0.05) is 0 Å². The fourth-order valence-corrected chi connectivity index (χ4v) is 5.52. The van der Waals surface area contributed by atoms with Gasteiger partial charge in [0.15, 0.2) is 5.34 Å². The Labute approximate surface area is 162 Å². The number of halogens is 4. The van der Waals surface area contributed by atoms with E-state index >= 15 is 0 Å². The predicted octanol–water partition coefficient (Wildman–Crippen LogP) is 5.06. The fourth-order valence-electron chi connectivity index (χ4n) is 1.36. The molecule has 0 bridgehead atoms. The largest absolute Gasteiger partial charge is 0.476 e. The van der Waals surface area contributed by atoms with Gasteiger partial charge in [0.05, 0.1) is 26.4 Å². The molecular weight excluding hydrogens is 448 g/mol. The zero-order chi connectivity index (χ0) is 18.7. The van der Waals surface area contributed by atoms with Gasteiger partial charge in [-0.3, -0.25) is 18.1 Å². The molecule has 0 aliphatic carbocycles. The minimum atomic E-state index is -4.10. The molecule has 0 atom stereocenters. The van der Waals surface area contributed by atoms with Gasteiger partial charge in [-0.05, 0) is 13.8 Å². The Morgan fingerprint density at radius 3 is 1.38 bits per heavy atom. The van der Waals surface area contributed by atoms with Gasteiger partial charge in [-0.15, -0.1) is 46.4 Å². The summed E-state index contributed by atoms with van der Waals surface area (Å²) in [6.07, 6.45) is 0. The Morgan fingerprint density at radius 1 is 0.708 bits per heavy atom. The molecule has 0 radical (unpaired) electrons. The second-order valence-electron chi connectivity index (χ2n) is 4.57. The van der Waals surface area contributed by atoms with Crippen LogP contribution in [0.3, 0.4) is 0 Å². The molecule has 0 aliphatic heterocycles. The van der Waals surface area contributed by atoms with Crippen LogP contribution in [0, 0.1) is 0 Å². The molecule has 0 N–H and O–H groups in total.